The molecule has 1 aromatic rings. The molecule has 0 heterocycles. The van der Waals surface area contributed by atoms with E-state index in [9.17, 15) is 4.79 Å². The van der Waals surface area contributed by atoms with E-state index in [4.69, 9.17) is 16.3 Å². The maximum atomic E-state index is 11.2. The molecule has 98 valence electrons. The van der Waals surface area contributed by atoms with E-state index in [0.29, 0.717) is 22.9 Å². The number of ketones is 1. The number of hydrogen-bond donors (Lipinski definition) is 0. The summed E-state index contributed by atoms with van der Waals surface area (Å²) in [6, 6.07) is 5.14. The summed E-state index contributed by atoms with van der Waals surface area (Å²) >= 11 is 6.05. The van der Waals surface area contributed by atoms with Gasteiger partial charge in [-0.3, -0.25) is 4.79 Å². The van der Waals surface area contributed by atoms with Crippen LogP contribution in [-0.2, 0) is 0 Å². The van der Waals surface area contributed by atoms with Crippen molar-refractivity contribution in [3.05, 3.63) is 41.4 Å². The van der Waals surface area contributed by atoms with E-state index in [0.717, 1.165) is 25.7 Å². The highest BCUT2D eigenvalue weighted by molar-refractivity contribution is 6.32. The van der Waals surface area contributed by atoms with Crippen LogP contribution in [0.25, 0.3) is 0 Å². The van der Waals surface area contributed by atoms with E-state index in [-0.39, 0.29) is 5.78 Å². The fourth-order valence-electron chi connectivity index (χ4n) is 1.59. The number of benzene rings is 1. The summed E-state index contributed by atoms with van der Waals surface area (Å²) in [5.74, 6) is 0.651. The molecule has 0 unspecified atom stereocenters. The van der Waals surface area contributed by atoms with Crippen molar-refractivity contribution in [1.82, 2.24) is 0 Å². The highest BCUT2D eigenvalue weighted by atomic mass is 35.5. The Hall–Kier alpha value is -1.28. The molecule has 0 saturated carbocycles. The molecule has 1 aromatic carbocycles. The minimum Gasteiger partial charge on any atom is -0.492 e. The molecule has 0 atom stereocenters. The van der Waals surface area contributed by atoms with Crippen LogP contribution in [0, 0.1) is 0 Å². The molecule has 0 aliphatic heterocycles. The second-order valence-electron chi connectivity index (χ2n) is 4.19. The van der Waals surface area contributed by atoms with Gasteiger partial charge in [-0.05, 0) is 50.8 Å². The molecule has 0 radical (unpaired) electrons. The van der Waals surface area contributed by atoms with Crippen molar-refractivity contribution in [2.45, 2.75) is 32.6 Å². The van der Waals surface area contributed by atoms with Crippen LogP contribution in [0.5, 0.6) is 5.75 Å². The number of carbonyl (C=O) groups is 1. The number of unbranched alkanes of at least 4 members (excludes halogenated alkanes) is 3. The van der Waals surface area contributed by atoms with Crippen molar-refractivity contribution in [2.24, 2.45) is 0 Å². The Morgan fingerprint density at radius 1 is 1.39 bits per heavy atom. The highest BCUT2D eigenvalue weighted by Crippen LogP contribution is 2.25. The molecule has 0 aliphatic rings. The van der Waals surface area contributed by atoms with Gasteiger partial charge in [-0.25, -0.2) is 0 Å². The molecule has 2 nitrogen and oxygen atoms in total. The van der Waals surface area contributed by atoms with Gasteiger partial charge in [-0.1, -0.05) is 17.7 Å². The summed E-state index contributed by atoms with van der Waals surface area (Å²) in [7, 11) is 0. The van der Waals surface area contributed by atoms with Crippen molar-refractivity contribution in [2.75, 3.05) is 6.61 Å². The number of rotatable bonds is 8. The number of ether oxygens (including phenoxy) is 1. The normalized spacial score (nSPS) is 10.1. The molecule has 0 amide bonds. The Balaban J connectivity index is 2.38. The van der Waals surface area contributed by atoms with E-state index in [1.54, 1.807) is 18.2 Å². The fraction of sp³-hybridized carbons (Fsp3) is 0.400. The molecular weight excluding hydrogens is 248 g/mol. The van der Waals surface area contributed by atoms with Gasteiger partial charge in [0.1, 0.15) is 5.75 Å². The summed E-state index contributed by atoms with van der Waals surface area (Å²) < 4.78 is 5.58. The average Bonchev–Trinajstić information content (AvgIpc) is 2.35. The van der Waals surface area contributed by atoms with Crippen molar-refractivity contribution < 1.29 is 9.53 Å². The molecule has 0 saturated heterocycles. The van der Waals surface area contributed by atoms with Crippen LogP contribution in [-0.4, -0.2) is 12.4 Å². The average molecular weight is 267 g/mol. The molecule has 18 heavy (non-hydrogen) atoms. The zero-order valence-electron chi connectivity index (χ0n) is 10.7. The number of Topliss-reactive ketones (excluding diaryl/α,β-unsaturated/α-hetero) is 1. The van der Waals surface area contributed by atoms with Gasteiger partial charge < -0.3 is 4.74 Å². The lowest BCUT2D eigenvalue weighted by Crippen LogP contribution is -1.99. The van der Waals surface area contributed by atoms with Crippen LogP contribution in [0.1, 0.15) is 43.0 Å². The highest BCUT2D eigenvalue weighted by Gasteiger charge is 2.05. The number of allylic oxidation sites excluding steroid dienone is 1. The molecule has 0 aromatic heterocycles. The molecule has 0 N–H and O–H groups in total. The van der Waals surface area contributed by atoms with Crippen LogP contribution in [0.2, 0.25) is 5.02 Å². The molecule has 1 rings (SSSR count). The zero-order valence-corrected chi connectivity index (χ0v) is 11.5. The largest absolute Gasteiger partial charge is 0.492 e. The number of carbonyl (C=O) groups excluding carboxylic acids is 1. The number of hydrogen-bond acceptors (Lipinski definition) is 2. The molecule has 0 bridgehead atoms. The first-order chi connectivity index (χ1) is 8.65. The van der Waals surface area contributed by atoms with Crippen molar-refractivity contribution >= 4 is 17.4 Å². The first-order valence-electron chi connectivity index (χ1n) is 6.19. The smallest absolute Gasteiger partial charge is 0.159 e. The summed E-state index contributed by atoms with van der Waals surface area (Å²) in [6.07, 6.45) is 6.24. The molecule has 0 fully saturated rings. The van der Waals surface area contributed by atoms with Gasteiger partial charge in [0.2, 0.25) is 0 Å². The number of halogens is 1. The zero-order chi connectivity index (χ0) is 13.4. The van der Waals surface area contributed by atoms with Crippen LogP contribution in [0.3, 0.4) is 0 Å². The lowest BCUT2D eigenvalue weighted by atomic mass is 10.1. The van der Waals surface area contributed by atoms with E-state index in [1.807, 2.05) is 6.08 Å². The van der Waals surface area contributed by atoms with Gasteiger partial charge in [0.05, 0.1) is 11.6 Å². The maximum absolute atomic E-state index is 11.2. The Morgan fingerprint density at radius 3 is 2.78 bits per heavy atom. The summed E-state index contributed by atoms with van der Waals surface area (Å²) in [4.78, 5) is 11.2. The first kappa shape index (κ1) is 14.8. The van der Waals surface area contributed by atoms with Gasteiger partial charge in [-0.15, -0.1) is 6.58 Å². The minimum absolute atomic E-state index is 0.00729. The van der Waals surface area contributed by atoms with E-state index in [2.05, 4.69) is 6.58 Å². The van der Waals surface area contributed by atoms with Gasteiger partial charge >= 0.3 is 0 Å². The Bertz CT molecular complexity index is 413. The quantitative estimate of drug-likeness (QED) is 0.388. The summed E-state index contributed by atoms with van der Waals surface area (Å²) in [5, 5.41) is 0.494. The van der Waals surface area contributed by atoms with E-state index in [1.165, 1.54) is 6.92 Å². The monoisotopic (exact) mass is 266 g/mol. The van der Waals surface area contributed by atoms with Gasteiger partial charge in [0.25, 0.3) is 0 Å². The predicted octanol–water partition coefficient (Wildman–Crippen LogP) is 4.67. The maximum Gasteiger partial charge on any atom is 0.159 e. The second-order valence-corrected chi connectivity index (χ2v) is 4.60. The third-order valence-electron chi connectivity index (χ3n) is 2.65. The van der Waals surface area contributed by atoms with E-state index >= 15 is 0 Å². The lowest BCUT2D eigenvalue weighted by Gasteiger charge is -2.08. The Labute approximate surface area is 114 Å². The topological polar surface area (TPSA) is 26.3 Å². The van der Waals surface area contributed by atoms with Crippen LogP contribution in [0.4, 0.5) is 0 Å². The predicted molar refractivity (Wildman–Crippen MR) is 75.6 cm³/mol. The summed E-state index contributed by atoms with van der Waals surface area (Å²) in [6.45, 7) is 5.85. The van der Waals surface area contributed by atoms with Crippen LogP contribution >= 0.6 is 11.6 Å². The van der Waals surface area contributed by atoms with Crippen molar-refractivity contribution in [3.8, 4) is 5.75 Å². The van der Waals surface area contributed by atoms with Gasteiger partial charge in [-0.2, -0.15) is 0 Å². The van der Waals surface area contributed by atoms with E-state index < -0.39 is 0 Å². The Kier molecular flexibility index (Phi) is 6.51. The molecular formula is C15H19ClO2. The van der Waals surface area contributed by atoms with Crippen LogP contribution in [0.15, 0.2) is 30.9 Å². The minimum atomic E-state index is 0.00729. The fourth-order valence-corrected chi connectivity index (χ4v) is 1.82. The third-order valence-corrected chi connectivity index (χ3v) is 2.94. The van der Waals surface area contributed by atoms with Gasteiger partial charge in [0.15, 0.2) is 5.78 Å². The second kappa shape index (κ2) is 7.93. The van der Waals surface area contributed by atoms with Crippen LogP contribution < -0.4 is 4.74 Å². The molecule has 0 spiro atoms. The standard InChI is InChI=1S/C15H19ClO2/c1-3-4-5-6-7-10-18-15-9-8-13(12(2)17)11-14(15)16/h3,8-9,11H,1,4-7,10H2,2H3. The first-order valence-corrected chi connectivity index (χ1v) is 6.57. The van der Waals surface area contributed by atoms with Crippen molar-refractivity contribution in [1.29, 1.82) is 0 Å². The SMILES string of the molecule is C=CCCCCCOc1ccc(C(C)=O)cc1Cl. The Morgan fingerprint density at radius 2 is 2.17 bits per heavy atom. The molecule has 3 heteroatoms. The van der Waals surface area contributed by atoms with Gasteiger partial charge in [0, 0.05) is 5.56 Å². The molecule has 0 aliphatic carbocycles. The lowest BCUT2D eigenvalue weighted by molar-refractivity contribution is 0.101. The summed E-state index contributed by atoms with van der Waals surface area (Å²) in [5.41, 5.74) is 0.610. The third kappa shape index (κ3) is 4.92. The van der Waals surface area contributed by atoms with Crippen molar-refractivity contribution in [3.63, 3.8) is 0 Å².